The summed E-state index contributed by atoms with van der Waals surface area (Å²) in [6.45, 7) is 24.6. The molecule has 1 amide bonds. The fourth-order valence-corrected chi connectivity index (χ4v) is 6.84. The number of carbonyl (C=O) groups excluding carboxylic acids is 1. The van der Waals surface area contributed by atoms with Gasteiger partial charge in [-0.1, -0.05) is 39.8 Å². The minimum atomic E-state index is -0.618. The molecule has 0 saturated carbocycles. The summed E-state index contributed by atoms with van der Waals surface area (Å²) in [5.74, 6) is 0.919. The fourth-order valence-electron chi connectivity index (χ4n) is 6.84. The topological polar surface area (TPSA) is 149 Å². The number of aryl methyl sites for hydroxylation is 2. The third-order valence-corrected chi connectivity index (χ3v) is 10.0. The number of piperazine rings is 1. The molecular weight excluding hydrogens is 755 g/mol. The van der Waals surface area contributed by atoms with Gasteiger partial charge < -0.3 is 41.1 Å². The molecule has 0 aliphatic carbocycles. The Labute approximate surface area is 357 Å². The molecule has 0 spiro atoms. The molecule has 4 aromatic rings. The molecule has 0 unspecified atom stereocenters. The molecule has 2 aromatic heterocycles. The molecule has 6 rings (SSSR count). The van der Waals surface area contributed by atoms with Gasteiger partial charge in [0, 0.05) is 93.8 Å². The summed E-state index contributed by atoms with van der Waals surface area (Å²) in [4.78, 5) is 44.5. The van der Waals surface area contributed by atoms with E-state index in [1.807, 2.05) is 103 Å². The van der Waals surface area contributed by atoms with Gasteiger partial charge in [-0.25, -0.2) is 9.78 Å². The number of amides is 1. The molecule has 0 atom stereocenters. The minimum Gasteiger partial charge on any atom is -0.443 e. The number of carbonyl (C=O) groups is 1. The maximum Gasteiger partial charge on any atom is 0.414 e. The predicted molar refractivity (Wildman–Crippen MR) is 250 cm³/mol. The monoisotopic (exact) mass is 824 g/mol. The second-order valence-corrected chi connectivity index (χ2v) is 16.3. The number of pyridine rings is 1. The highest BCUT2D eigenvalue weighted by atomic mass is 16.6. The van der Waals surface area contributed by atoms with Crippen LogP contribution in [0, 0.1) is 12.8 Å². The smallest absolute Gasteiger partial charge is 0.414 e. The summed E-state index contributed by atoms with van der Waals surface area (Å²) in [5, 5.41) is 10.5. The van der Waals surface area contributed by atoms with Crippen molar-refractivity contribution in [2.45, 2.75) is 67.9 Å². The first-order valence-corrected chi connectivity index (χ1v) is 21.1. The Bertz CT molecular complexity index is 2140. The van der Waals surface area contributed by atoms with Crippen LogP contribution in [-0.2, 0) is 11.8 Å². The Kier molecular flexibility index (Phi) is 16.9. The van der Waals surface area contributed by atoms with Gasteiger partial charge in [-0.2, -0.15) is 4.98 Å². The summed E-state index contributed by atoms with van der Waals surface area (Å²) in [7, 11) is 5.83. The number of anilines is 6. The molecule has 0 radical (unpaired) electrons. The van der Waals surface area contributed by atoms with Crippen LogP contribution in [-0.4, -0.2) is 97.6 Å². The van der Waals surface area contributed by atoms with Crippen molar-refractivity contribution >= 4 is 51.5 Å². The number of para-hydroxylation sites is 1. The highest BCUT2D eigenvalue weighted by Crippen LogP contribution is 2.40. The molecule has 2 aliphatic rings. The van der Waals surface area contributed by atoms with Crippen molar-refractivity contribution < 1.29 is 9.53 Å². The van der Waals surface area contributed by atoms with Crippen molar-refractivity contribution in [2.24, 2.45) is 18.7 Å². The van der Waals surface area contributed by atoms with Crippen molar-refractivity contribution in [3.05, 3.63) is 94.2 Å². The van der Waals surface area contributed by atoms with E-state index in [1.54, 1.807) is 22.7 Å². The first-order chi connectivity index (χ1) is 28.6. The van der Waals surface area contributed by atoms with Crippen molar-refractivity contribution in [1.29, 1.82) is 0 Å². The number of nitrogens with two attached hydrogens (primary N) is 1. The normalized spacial score (nSPS) is 14.8. The molecule has 2 aliphatic heterocycles. The summed E-state index contributed by atoms with van der Waals surface area (Å²) >= 11 is 0. The van der Waals surface area contributed by atoms with Crippen LogP contribution in [0.4, 0.5) is 39.2 Å². The molecule has 4 heterocycles. The maximum absolute atomic E-state index is 13.8. The fraction of sp³-hybridized carbons (Fsp3) is 0.478. The summed E-state index contributed by atoms with van der Waals surface area (Å²) in [5.41, 5.74) is 12.4. The summed E-state index contributed by atoms with van der Waals surface area (Å²) in [6.07, 6.45) is 5.32. The number of hydrogen-bond acceptors (Lipinski definition) is 12. The van der Waals surface area contributed by atoms with Crippen molar-refractivity contribution in [3.8, 4) is 0 Å². The third kappa shape index (κ3) is 12.5. The van der Waals surface area contributed by atoms with E-state index in [0.29, 0.717) is 36.3 Å². The Morgan fingerprint density at radius 3 is 2.25 bits per heavy atom. The molecule has 5 N–H and O–H groups in total. The van der Waals surface area contributed by atoms with Crippen LogP contribution >= 0.6 is 0 Å². The zero-order valence-corrected chi connectivity index (χ0v) is 38.0. The number of allylic oxidation sites excluding steroid dienone is 4. The van der Waals surface area contributed by atoms with Crippen LogP contribution in [0.3, 0.4) is 0 Å². The van der Waals surface area contributed by atoms with Crippen LogP contribution in [0.2, 0.25) is 0 Å². The largest absolute Gasteiger partial charge is 0.443 e. The number of aromatic nitrogens is 3. The van der Waals surface area contributed by atoms with E-state index >= 15 is 0 Å². The highest BCUT2D eigenvalue weighted by Gasteiger charge is 2.33. The zero-order chi connectivity index (χ0) is 44.1. The van der Waals surface area contributed by atoms with Gasteiger partial charge in [-0.15, -0.1) is 0 Å². The molecule has 60 heavy (non-hydrogen) atoms. The van der Waals surface area contributed by atoms with Crippen LogP contribution < -0.4 is 41.9 Å². The molecule has 1 saturated heterocycles. The number of nitrogens with zero attached hydrogens (tertiary/aromatic N) is 7. The Balaban J connectivity index is 0.000000424. The van der Waals surface area contributed by atoms with E-state index < -0.39 is 11.7 Å². The molecule has 14 nitrogen and oxygen atoms in total. The first kappa shape index (κ1) is 47.1. The summed E-state index contributed by atoms with van der Waals surface area (Å²) in [6, 6.07) is 15.9. The van der Waals surface area contributed by atoms with Gasteiger partial charge >= 0.3 is 6.09 Å². The molecule has 14 heteroatoms. The van der Waals surface area contributed by atoms with E-state index in [1.165, 1.54) is 11.4 Å². The molecule has 1 fully saturated rings. The van der Waals surface area contributed by atoms with E-state index in [2.05, 4.69) is 69.8 Å². The van der Waals surface area contributed by atoms with Crippen molar-refractivity contribution in [1.82, 2.24) is 30.1 Å². The lowest BCUT2D eigenvalue weighted by molar-refractivity contribution is 0.0580. The average molecular weight is 824 g/mol. The minimum absolute atomic E-state index is 0.183. The van der Waals surface area contributed by atoms with Crippen LogP contribution in [0.15, 0.2) is 83.1 Å². The van der Waals surface area contributed by atoms with Gasteiger partial charge in [-0.3, -0.25) is 14.3 Å². The highest BCUT2D eigenvalue weighted by molar-refractivity contribution is 5.97. The molecule has 326 valence electrons. The maximum atomic E-state index is 13.8. The lowest BCUT2D eigenvalue weighted by atomic mass is 10.1. The lowest BCUT2D eigenvalue weighted by Crippen LogP contribution is -2.46. The van der Waals surface area contributed by atoms with Gasteiger partial charge in [0.15, 0.2) is 0 Å². The predicted octanol–water partition coefficient (Wildman–Crippen LogP) is 7.25. The van der Waals surface area contributed by atoms with Gasteiger partial charge in [0.1, 0.15) is 16.9 Å². The van der Waals surface area contributed by atoms with Gasteiger partial charge in [0.05, 0.1) is 11.4 Å². The van der Waals surface area contributed by atoms with Gasteiger partial charge in [0.2, 0.25) is 5.95 Å². The second kappa shape index (κ2) is 21.6. The summed E-state index contributed by atoms with van der Waals surface area (Å²) < 4.78 is 7.26. The number of hydrogen-bond donors (Lipinski definition) is 4. The average Bonchev–Trinajstić information content (AvgIpc) is 3.21. The van der Waals surface area contributed by atoms with Gasteiger partial charge in [0.25, 0.3) is 5.56 Å². The first-order valence-electron chi connectivity index (χ1n) is 21.1. The van der Waals surface area contributed by atoms with E-state index in [4.69, 9.17) is 15.5 Å². The Morgan fingerprint density at radius 1 is 0.950 bits per heavy atom. The second-order valence-electron chi connectivity index (χ2n) is 16.3. The van der Waals surface area contributed by atoms with E-state index in [-0.39, 0.29) is 5.56 Å². The molecule has 2 aromatic carbocycles. The Morgan fingerprint density at radius 2 is 1.63 bits per heavy atom. The SMILES string of the molecule is CC.CNCCN/C(=C/C=C(\C)N)C(C)C.Cc1cccc2c1N(C(=O)OC(C)(C)C)CCN2c1cc2cnc(Nc3ccc(N4CCN(C)CC4)cc3)nc2n(C)c1=O. The number of benzene rings is 2. The van der Waals surface area contributed by atoms with E-state index in [9.17, 15) is 9.59 Å². The number of likely N-dealkylation sites (N-methyl/N-ethyl adjacent to an activating group) is 2. The van der Waals surface area contributed by atoms with Gasteiger partial charge in [-0.05, 0) is 109 Å². The number of rotatable bonds is 10. The van der Waals surface area contributed by atoms with Crippen LogP contribution in [0.1, 0.15) is 61.0 Å². The van der Waals surface area contributed by atoms with Crippen LogP contribution in [0.25, 0.3) is 11.0 Å². The molecular formula is C46H69N11O3. The van der Waals surface area contributed by atoms with Crippen LogP contribution in [0.5, 0.6) is 0 Å². The number of ether oxygens (including phenoxy) is 1. The lowest BCUT2D eigenvalue weighted by Gasteiger charge is -2.39. The van der Waals surface area contributed by atoms with Crippen molar-refractivity contribution in [3.63, 3.8) is 0 Å². The molecule has 0 bridgehead atoms. The standard InChI is InChI=1S/C33H40N8O3.C11H23N3.C2H6/c1-22-8-7-9-26-28(22)41(32(43)44-33(2,3)4)19-18-40(26)27-20-23-21-34-31(36-29(23)38(6)30(27)42)35-24-10-12-25(13-11-24)39-16-14-37(5)15-17-39;1-9(2)11(6-5-10(3)12)14-8-7-13-4;1-2/h7-13,20-21H,14-19H2,1-6H3,(H,34,35,36);5-6,9,13-14H,7-8,12H2,1-4H3;1-2H3/b;10-5+,11-6+;. The zero-order valence-electron chi connectivity index (χ0n) is 38.0. The Hall–Kier alpha value is -5.60. The van der Waals surface area contributed by atoms with E-state index in [0.717, 1.165) is 73.0 Å². The third-order valence-electron chi connectivity index (χ3n) is 10.0. The number of nitrogens with one attached hydrogen (secondary N) is 3. The number of fused-ring (bicyclic) bond motifs is 2. The van der Waals surface area contributed by atoms with Crippen molar-refractivity contribution in [2.75, 3.05) is 86.5 Å². The quantitative estimate of drug-likeness (QED) is 0.0943.